The van der Waals surface area contributed by atoms with Gasteiger partial charge in [-0.25, -0.2) is 14.8 Å². The number of nitrogens with zero attached hydrogens (tertiary/aromatic N) is 3. The van der Waals surface area contributed by atoms with E-state index in [1.165, 1.54) is 25.3 Å². The van der Waals surface area contributed by atoms with E-state index < -0.39 is 42.3 Å². The van der Waals surface area contributed by atoms with E-state index in [-0.39, 0.29) is 29.6 Å². The second kappa shape index (κ2) is 7.21. The fourth-order valence-corrected chi connectivity index (χ4v) is 2.86. The Balaban J connectivity index is 2.13. The quantitative estimate of drug-likeness (QED) is 0.598. The molecule has 158 valence electrons. The smallest absolute Gasteiger partial charge is 0.491 e. The maximum atomic E-state index is 13.2. The van der Waals surface area contributed by atoms with Crippen molar-refractivity contribution in [2.24, 2.45) is 0 Å². The van der Waals surface area contributed by atoms with Crippen LogP contribution in [0.1, 0.15) is 12.2 Å². The number of benzene rings is 1. The van der Waals surface area contributed by atoms with E-state index in [0.717, 1.165) is 4.90 Å². The molecule has 1 aromatic carbocycles. The first-order valence-corrected chi connectivity index (χ1v) is 8.07. The first kappa shape index (κ1) is 20.9. The van der Waals surface area contributed by atoms with Crippen LogP contribution < -0.4 is 9.64 Å². The van der Waals surface area contributed by atoms with Crippen molar-refractivity contribution in [2.45, 2.75) is 31.1 Å². The molecule has 0 amide bonds. The summed E-state index contributed by atoms with van der Waals surface area (Å²) in [5.41, 5.74) is -0.162. The van der Waals surface area contributed by atoms with Gasteiger partial charge in [0, 0.05) is 11.9 Å². The third kappa shape index (κ3) is 4.13. The Kier molecular flexibility index (Phi) is 5.19. The lowest BCUT2D eigenvalue weighted by atomic mass is 10.2. The lowest BCUT2D eigenvalue weighted by Crippen LogP contribution is -2.43. The summed E-state index contributed by atoms with van der Waals surface area (Å²) >= 11 is 0. The second-order valence-electron chi connectivity index (χ2n) is 6.09. The number of esters is 1. The summed E-state index contributed by atoms with van der Waals surface area (Å²) in [6.45, 7) is -0.211. The molecule has 2 heterocycles. The lowest BCUT2D eigenvalue weighted by molar-refractivity contribution is -0.207. The normalized spacial score (nSPS) is 20.2. The minimum Gasteiger partial charge on any atom is -0.497 e. The molecule has 0 aliphatic carbocycles. The second-order valence-corrected chi connectivity index (χ2v) is 6.09. The van der Waals surface area contributed by atoms with Crippen LogP contribution in [0.4, 0.5) is 32.2 Å². The number of methoxy groups -OCH3 is 1. The highest BCUT2D eigenvalue weighted by molar-refractivity contribution is 5.91. The maximum Gasteiger partial charge on any atom is 0.491 e. The van der Waals surface area contributed by atoms with E-state index in [9.17, 15) is 36.2 Å². The zero-order valence-electron chi connectivity index (χ0n) is 14.6. The number of hydrogen-bond acceptors (Lipinski definition) is 7. The van der Waals surface area contributed by atoms with Gasteiger partial charge in [-0.2, -0.15) is 26.3 Å². The third-order valence-electron chi connectivity index (χ3n) is 4.17. The molecule has 2 aromatic rings. The van der Waals surface area contributed by atoms with Gasteiger partial charge >= 0.3 is 18.3 Å². The van der Waals surface area contributed by atoms with Crippen molar-refractivity contribution in [2.75, 3.05) is 18.6 Å². The summed E-state index contributed by atoms with van der Waals surface area (Å²) in [5, 5.41) is 9.97. The molecule has 2 unspecified atom stereocenters. The van der Waals surface area contributed by atoms with Gasteiger partial charge in [0.1, 0.15) is 17.7 Å². The van der Waals surface area contributed by atoms with Crippen LogP contribution >= 0.6 is 0 Å². The van der Waals surface area contributed by atoms with E-state index in [2.05, 4.69) is 14.7 Å². The van der Waals surface area contributed by atoms with Crippen LogP contribution in [0.3, 0.4) is 0 Å². The standard InChI is InChI=1S/C16H13F6N3O4/c1-28-7-2-3-9-8(6-7)11(24-13(23-9)15(17,18)19)25-5-4-10(26)12(25)29-14(27)16(20,21)22/h2-3,6,10,12,26H,4-5H2,1H3. The zero-order chi connectivity index (χ0) is 21.6. The van der Waals surface area contributed by atoms with Crippen LogP contribution in [0.2, 0.25) is 0 Å². The largest absolute Gasteiger partial charge is 0.497 e. The summed E-state index contributed by atoms with van der Waals surface area (Å²) in [6, 6.07) is 3.86. The fraction of sp³-hybridized carbons (Fsp3) is 0.438. The Bertz CT molecular complexity index is 933. The Hall–Kier alpha value is -2.83. The van der Waals surface area contributed by atoms with Gasteiger partial charge in [-0.1, -0.05) is 0 Å². The van der Waals surface area contributed by atoms with Crippen LogP contribution in [0, 0.1) is 0 Å². The number of carbonyl (C=O) groups is 1. The van der Waals surface area contributed by atoms with Gasteiger partial charge < -0.3 is 19.5 Å². The first-order valence-electron chi connectivity index (χ1n) is 8.07. The monoisotopic (exact) mass is 425 g/mol. The molecule has 1 aliphatic heterocycles. The van der Waals surface area contributed by atoms with Crippen molar-refractivity contribution in [1.82, 2.24) is 9.97 Å². The number of fused-ring (bicyclic) bond motifs is 1. The molecule has 29 heavy (non-hydrogen) atoms. The van der Waals surface area contributed by atoms with Gasteiger partial charge in [0.15, 0.2) is 0 Å². The Morgan fingerprint density at radius 2 is 1.90 bits per heavy atom. The van der Waals surface area contributed by atoms with Crippen molar-refractivity contribution >= 4 is 22.7 Å². The number of rotatable bonds is 3. The lowest BCUT2D eigenvalue weighted by Gasteiger charge is -2.28. The molecule has 0 bridgehead atoms. The van der Waals surface area contributed by atoms with Gasteiger partial charge in [-0.3, -0.25) is 0 Å². The van der Waals surface area contributed by atoms with Crippen molar-refractivity contribution in [3.8, 4) is 5.75 Å². The van der Waals surface area contributed by atoms with Crippen LogP contribution in [0.5, 0.6) is 5.75 Å². The van der Waals surface area contributed by atoms with Gasteiger partial charge in [0.2, 0.25) is 12.1 Å². The number of hydrogen-bond donors (Lipinski definition) is 1. The molecule has 1 aliphatic rings. The zero-order valence-corrected chi connectivity index (χ0v) is 14.6. The summed E-state index contributed by atoms with van der Waals surface area (Å²) in [7, 11) is 1.30. The molecular formula is C16H13F6N3O4. The predicted octanol–water partition coefficient (Wildman–Crippen LogP) is 2.66. The SMILES string of the molecule is COc1ccc2nc(C(F)(F)F)nc(N3CCC(O)C3OC(=O)C(F)(F)F)c2c1. The van der Waals surface area contributed by atoms with Gasteiger partial charge in [-0.05, 0) is 24.6 Å². The minimum atomic E-state index is -5.35. The molecule has 13 heteroatoms. The number of aliphatic hydroxyl groups is 1. The number of anilines is 1. The van der Waals surface area contributed by atoms with Crippen molar-refractivity contribution in [3.05, 3.63) is 24.0 Å². The number of ether oxygens (including phenoxy) is 2. The predicted molar refractivity (Wildman–Crippen MR) is 85.0 cm³/mol. The Labute approximate surface area is 158 Å². The topological polar surface area (TPSA) is 84.8 Å². The Morgan fingerprint density at radius 3 is 2.48 bits per heavy atom. The van der Waals surface area contributed by atoms with Crippen molar-refractivity contribution in [3.63, 3.8) is 0 Å². The van der Waals surface area contributed by atoms with Gasteiger partial charge in [0.05, 0.1) is 12.6 Å². The molecule has 3 rings (SSSR count). The average Bonchev–Trinajstić information content (AvgIpc) is 2.99. The molecule has 1 saturated heterocycles. The molecule has 1 aromatic heterocycles. The molecule has 7 nitrogen and oxygen atoms in total. The molecule has 0 saturated carbocycles. The van der Waals surface area contributed by atoms with E-state index in [1.807, 2.05) is 0 Å². The third-order valence-corrected chi connectivity index (χ3v) is 4.17. The summed E-state index contributed by atoms with van der Waals surface area (Å²) in [5.74, 6) is -4.34. The number of alkyl halides is 6. The molecule has 1 fully saturated rings. The molecule has 2 atom stereocenters. The maximum absolute atomic E-state index is 13.2. The van der Waals surface area contributed by atoms with Crippen LogP contribution in [0.25, 0.3) is 10.9 Å². The number of aromatic nitrogens is 2. The number of carbonyl (C=O) groups excluding carboxylic acids is 1. The van der Waals surface area contributed by atoms with Crippen molar-refractivity contribution in [1.29, 1.82) is 0 Å². The van der Waals surface area contributed by atoms with Gasteiger partial charge in [-0.15, -0.1) is 0 Å². The van der Waals surface area contributed by atoms with Crippen LogP contribution in [0.15, 0.2) is 18.2 Å². The van der Waals surface area contributed by atoms with E-state index in [1.54, 1.807) is 0 Å². The number of aliphatic hydroxyl groups excluding tert-OH is 1. The highest BCUT2D eigenvalue weighted by Crippen LogP contribution is 2.36. The Morgan fingerprint density at radius 1 is 1.21 bits per heavy atom. The van der Waals surface area contributed by atoms with Gasteiger partial charge in [0.25, 0.3) is 0 Å². The van der Waals surface area contributed by atoms with E-state index in [0.29, 0.717) is 0 Å². The highest BCUT2D eigenvalue weighted by atomic mass is 19.4. The van der Waals surface area contributed by atoms with Crippen LogP contribution in [-0.4, -0.2) is 53.2 Å². The number of halogens is 6. The van der Waals surface area contributed by atoms with Crippen molar-refractivity contribution < 1.29 is 45.7 Å². The average molecular weight is 425 g/mol. The first-order chi connectivity index (χ1) is 13.4. The molecule has 1 N–H and O–H groups in total. The molecule has 0 spiro atoms. The summed E-state index contributed by atoms with van der Waals surface area (Å²) in [6.07, 6.45) is -13.9. The molecular weight excluding hydrogens is 412 g/mol. The minimum absolute atomic E-state index is 0.0134. The van der Waals surface area contributed by atoms with E-state index in [4.69, 9.17) is 4.74 Å². The highest BCUT2D eigenvalue weighted by Gasteiger charge is 2.47. The molecule has 0 radical (unpaired) electrons. The summed E-state index contributed by atoms with van der Waals surface area (Å²) < 4.78 is 86.7. The van der Waals surface area contributed by atoms with E-state index >= 15 is 0 Å². The summed E-state index contributed by atoms with van der Waals surface area (Å²) in [4.78, 5) is 18.9. The fourth-order valence-electron chi connectivity index (χ4n) is 2.86. The van der Waals surface area contributed by atoms with Crippen LogP contribution in [-0.2, 0) is 15.7 Å².